The maximum absolute atomic E-state index is 10.8. The Labute approximate surface area is 152 Å². The maximum atomic E-state index is 10.8. The Hall–Kier alpha value is -2.64. The number of nitrogens with zero attached hydrogens (tertiary/aromatic N) is 3. The minimum absolute atomic E-state index is 0.162. The first-order valence-corrected chi connectivity index (χ1v) is 8.05. The van der Waals surface area contributed by atoms with Crippen molar-refractivity contribution in [1.29, 1.82) is 0 Å². The molecule has 0 aliphatic heterocycles. The molecule has 0 aliphatic carbocycles. The summed E-state index contributed by atoms with van der Waals surface area (Å²) in [4.78, 5) is 10.2. The van der Waals surface area contributed by atoms with Gasteiger partial charge in [0, 0.05) is 30.7 Å². The van der Waals surface area contributed by atoms with Crippen LogP contribution >= 0.6 is 23.2 Å². The van der Waals surface area contributed by atoms with E-state index in [-0.39, 0.29) is 15.7 Å². The van der Waals surface area contributed by atoms with E-state index in [1.165, 1.54) is 12.1 Å². The van der Waals surface area contributed by atoms with Crippen molar-refractivity contribution < 1.29 is 9.34 Å². The van der Waals surface area contributed by atoms with Gasteiger partial charge in [-0.15, -0.1) is 10.2 Å². The Morgan fingerprint density at radius 1 is 1.12 bits per heavy atom. The van der Waals surface area contributed by atoms with Crippen LogP contribution in [0.4, 0.5) is 11.4 Å². The number of nitrogens with one attached hydrogen (secondary N) is 1. The van der Waals surface area contributed by atoms with Crippen LogP contribution in [0.1, 0.15) is 5.89 Å². The van der Waals surface area contributed by atoms with Gasteiger partial charge in [-0.25, -0.2) is 0 Å². The molecule has 0 saturated carbocycles. The molecule has 9 heteroatoms. The largest absolute Gasteiger partial charge is 0.421 e. The van der Waals surface area contributed by atoms with Gasteiger partial charge in [0.2, 0.25) is 11.8 Å². The zero-order chi connectivity index (χ0) is 17.8. The molecule has 128 valence electrons. The third-order valence-electron chi connectivity index (χ3n) is 3.37. The first-order chi connectivity index (χ1) is 12.0. The molecular weight excluding hydrogens is 367 g/mol. The number of hydrogen-bond donors (Lipinski definition) is 1. The molecule has 0 amide bonds. The van der Waals surface area contributed by atoms with Crippen molar-refractivity contribution >= 4 is 34.6 Å². The SMILES string of the molecule is O=[N+]([O-])c1cc(Cl)c(NCCc2nnc(-c3ccccc3)o2)c(Cl)c1. The molecule has 7 nitrogen and oxygen atoms in total. The summed E-state index contributed by atoms with van der Waals surface area (Å²) in [5.74, 6) is 0.905. The summed E-state index contributed by atoms with van der Waals surface area (Å²) in [6, 6.07) is 11.9. The molecule has 3 rings (SSSR count). The molecular formula is C16H12Cl2N4O3. The molecule has 25 heavy (non-hydrogen) atoms. The molecule has 3 aromatic rings. The van der Waals surface area contributed by atoms with Gasteiger partial charge in [0.1, 0.15) is 0 Å². The molecule has 1 aromatic heterocycles. The van der Waals surface area contributed by atoms with E-state index >= 15 is 0 Å². The zero-order valence-corrected chi connectivity index (χ0v) is 14.3. The molecule has 1 N–H and O–H groups in total. The number of hydrogen-bond acceptors (Lipinski definition) is 6. The molecule has 0 bridgehead atoms. The van der Waals surface area contributed by atoms with Crippen LogP contribution in [0.3, 0.4) is 0 Å². The third kappa shape index (κ3) is 4.07. The van der Waals surface area contributed by atoms with Gasteiger partial charge in [-0.1, -0.05) is 41.4 Å². The number of nitro benzene ring substituents is 1. The Balaban J connectivity index is 1.64. The van der Waals surface area contributed by atoms with Gasteiger partial charge in [0.15, 0.2) is 0 Å². The summed E-state index contributed by atoms with van der Waals surface area (Å²) in [6.45, 7) is 0.424. The van der Waals surface area contributed by atoms with Gasteiger partial charge in [0.05, 0.1) is 20.7 Å². The lowest BCUT2D eigenvalue weighted by Gasteiger charge is -2.09. The smallest absolute Gasteiger partial charge is 0.272 e. The van der Waals surface area contributed by atoms with E-state index in [1.54, 1.807) is 0 Å². The predicted molar refractivity (Wildman–Crippen MR) is 95.0 cm³/mol. The van der Waals surface area contributed by atoms with Crippen molar-refractivity contribution in [3.63, 3.8) is 0 Å². The predicted octanol–water partition coefficient (Wildman–Crippen LogP) is 4.61. The lowest BCUT2D eigenvalue weighted by Crippen LogP contribution is -2.06. The average Bonchev–Trinajstić information content (AvgIpc) is 3.07. The van der Waals surface area contributed by atoms with Crippen molar-refractivity contribution in [3.05, 3.63) is 68.5 Å². The maximum Gasteiger partial charge on any atom is 0.272 e. The lowest BCUT2D eigenvalue weighted by atomic mass is 10.2. The van der Waals surface area contributed by atoms with Crippen LogP contribution in [-0.4, -0.2) is 21.7 Å². The summed E-state index contributed by atoms with van der Waals surface area (Å²) in [6.07, 6.45) is 0.448. The minimum Gasteiger partial charge on any atom is -0.421 e. The summed E-state index contributed by atoms with van der Waals surface area (Å²) < 4.78 is 5.60. The van der Waals surface area contributed by atoms with Crippen LogP contribution in [0.2, 0.25) is 10.0 Å². The van der Waals surface area contributed by atoms with E-state index in [1.807, 2.05) is 30.3 Å². The Morgan fingerprint density at radius 2 is 1.80 bits per heavy atom. The number of rotatable bonds is 6. The summed E-state index contributed by atoms with van der Waals surface area (Å²) in [5, 5.41) is 22.2. The second-order valence-corrected chi connectivity index (χ2v) is 5.90. The van der Waals surface area contributed by atoms with Gasteiger partial charge in [-0.2, -0.15) is 0 Å². The molecule has 2 aromatic carbocycles. The van der Waals surface area contributed by atoms with Crippen LogP contribution in [0.25, 0.3) is 11.5 Å². The number of aromatic nitrogens is 2. The quantitative estimate of drug-likeness (QED) is 0.497. The van der Waals surface area contributed by atoms with E-state index in [0.717, 1.165) is 5.56 Å². The fourth-order valence-corrected chi connectivity index (χ4v) is 2.79. The lowest BCUT2D eigenvalue weighted by molar-refractivity contribution is -0.384. The van der Waals surface area contributed by atoms with E-state index in [2.05, 4.69) is 15.5 Å². The topological polar surface area (TPSA) is 94.1 Å². The fraction of sp³-hybridized carbons (Fsp3) is 0.125. The van der Waals surface area contributed by atoms with Crippen LogP contribution in [0, 0.1) is 10.1 Å². The zero-order valence-electron chi connectivity index (χ0n) is 12.8. The van der Waals surface area contributed by atoms with Gasteiger partial charge >= 0.3 is 0 Å². The van der Waals surface area contributed by atoms with Crippen molar-refractivity contribution in [2.45, 2.75) is 6.42 Å². The van der Waals surface area contributed by atoms with Gasteiger partial charge < -0.3 is 9.73 Å². The minimum atomic E-state index is -0.551. The number of halogens is 2. The molecule has 0 saturated heterocycles. The highest BCUT2D eigenvalue weighted by Gasteiger charge is 2.15. The van der Waals surface area contributed by atoms with Crippen LogP contribution in [0.5, 0.6) is 0 Å². The summed E-state index contributed by atoms with van der Waals surface area (Å²) in [7, 11) is 0. The van der Waals surface area contributed by atoms with Crippen LogP contribution < -0.4 is 5.32 Å². The normalized spacial score (nSPS) is 10.6. The number of anilines is 1. The standard InChI is InChI=1S/C16H12Cl2N4O3/c17-12-8-11(22(23)24)9-13(18)15(12)19-7-6-14-20-21-16(25-14)10-4-2-1-3-5-10/h1-5,8-9,19H,6-7H2. The van der Waals surface area contributed by atoms with E-state index < -0.39 is 4.92 Å². The second kappa shape index (κ2) is 7.50. The Morgan fingerprint density at radius 3 is 2.44 bits per heavy atom. The van der Waals surface area contributed by atoms with Crippen molar-refractivity contribution in [2.24, 2.45) is 0 Å². The Kier molecular flexibility index (Phi) is 5.16. The summed E-state index contributed by atoms with van der Waals surface area (Å²) in [5.41, 5.74) is 1.11. The van der Waals surface area contributed by atoms with Crippen molar-refractivity contribution in [3.8, 4) is 11.5 Å². The monoisotopic (exact) mass is 378 g/mol. The molecule has 0 unspecified atom stereocenters. The highest BCUT2D eigenvalue weighted by atomic mass is 35.5. The molecule has 0 aliphatic rings. The van der Waals surface area contributed by atoms with Gasteiger partial charge in [-0.3, -0.25) is 10.1 Å². The highest BCUT2D eigenvalue weighted by molar-refractivity contribution is 6.39. The van der Waals surface area contributed by atoms with Gasteiger partial charge in [-0.05, 0) is 12.1 Å². The van der Waals surface area contributed by atoms with Crippen LogP contribution in [-0.2, 0) is 6.42 Å². The Bertz CT molecular complexity index is 876. The first-order valence-electron chi connectivity index (χ1n) is 7.29. The van der Waals surface area contributed by atoms with Crippen molar-refractivity contribution in [1.82, 2.24) is 10.2 Å². The van der Waals surface area contributed by atoms with E-state index in [9.17, 15) is 10.1 Å². The highest BCUT2D eigenvalue weighted by Crippen LogP contribution is 2.34. The fourth-order valence-electron chi connectivity index (χ4n) is 2.18. The average molecular weight is 379 g/mol. The number of benzene rings is 2. The second-order valence-electron chi connectivity index (χ2n) is 5.09. The van der Waals surface area contributed by atoms with E-state index in [0.29, 0.717) is 30.4 Å². The number of nitro groups is 1. The molecule has 0 radical (unpaired) electrons. The molecule has 0 spiro atoms. The summed E-state index contributed by atoms with van der Waals surface area (Å²) >= 11 is 12.1. The molecule has 0 fully saturated rings. The first kappa shape index (κ1) is 17.2. The molecule has 1 heterocycles. The number of non-ortho nitro benzene ring substituents is 1. The third-order valence-corrected chi connectivity index (χ3v) is 3.96. The van der Waals surface area contributed by atoms with E-state index in [4.69, 9.17) is 27.6 Å². The molecule has 0 atom stereocenters. The van der Waals surface area contributed by atoms with Crippen molar-refractivity contribution in [2.75, 3.05) is 11.9 Å². The van der Waals surface area contributed by atoms with Crippen LogP contribution in [0.15, 0.2) is 46.9 Å². The van der Waals surface area contributed by atoms with Gasteiger partial charge in [0.25, 0.3) is 5.69 Å².